The highest BCUT2D eigenvalue weighted by molar-refractivity contribution is 5.28. The Morgan fingerprint density at radius 3 is 3.33 bits per heavy atom. The van der Waals surface area contributed by atoms with E-state index < -0.39 is 0 Å². The maximum Gasteiger partial charge on any atom is 0.0527 e. The third-order valence-electron chi connectivity index (χ3n) is 3.56. The summed E-state index contributed by atoms with van der Waals surface area (Å²) in [5.41, 5.74) is 3.06. The molecule has 0 aromatic carbocycles. The third kappa shape index (κ3) is 0.728. The molecule has 3 rings (SSSR count). The lowest BCUT2D eigenvalue weighted by Crippen LogP contribution is -2.12. The van der Waals surface area contributed by atoms with Gasteiger partial charge >= 0.3 is 0 Å². The highest BCUT2D eigenvalue weighted by Gasteiger charge is 2.34. The van der Waals surface area contributed by atoms with Gasteiger partial charge in [-0.15, -0.1) is 0 Å². The standard InChI is InChI=1S/C10H14N2/c1-12-10-5-7-2-3-8(4-7)9(10)6-11-12/h6-8H,2-5H2,1H3/t7-,8-/m0/s1. The summed E-state index contributed by atoms with van der Waals surface area (Å²) < 4.78 is 2.07. The summed E-state index contributed by atoms with van der Waals surface area (Å²) in [6.45, 7) is 0. The van der Waals surface area contributed by atoms with Crippen LogP contribution in [-0.2, 0) is 13.5 Å². The van der Waals surface area contributed by atoms with Crippen LogP contribution in [0.15, 0.2) is 6.20 Å². The quantitative estimate of drug-likeness (QED) is 0.569. The van der Waals surface area contributed by atoms with Gasteiger partial charge < -0.3 is 0 Å². The molecule has 2 aliphatic rings. The van der Waals surface area contributed by atoms with E-state index in [1.165, 1.54) is 31.4 Å². The Morgan fingerprint density at radius 2 is 2.42 bits per heavy atom. The van der Waals surface area contributed by atoms with Gasteiger partial charge in [-0.2, -0.15) is 5.10 Å². The molecule has 64 valence electrons. The highest BCUT2D eigenvalue weighted by atomic mass is 15.3. The SMILES string of the molecule is Cn1ncc2c1C[C@H]1CC[C@H]2C1. The van der Waals surface area contributed by atoms with Crippen molar-refractivity contribution < 1.29 is 0 Å². The molecule has 0 aliphatic heterocycles. The van der Waals surface area contributed by atoms with Crippen molar-refractivity contribution in [2.45, 2.75) is 31.6 Å². The molecule has 0 unspecified atom stereocenters. The zero-order valence-electron chi connectivity index (χ0n) is 7.45. The number of hydrogen-bond donors (Lipinski definition) is 0. The Bertz CT molecular complexity index is 314. The Hall–Kier alpha value is -0.790. The molecular formula is C10H14N2. The lowest BCUT2D eigenvalue weighted by Gasteiger charge is -2.19. The van der Waals surface area contributed by atoms with Crippen LogP contribution in [0.5, 0.6) is 0 Å². The number of hydrogen-bond acceptors (Lipinski definition) is 1. The summed E-state index contributed by atoms with van der Waals surface area (Å²) in [5, 5.41) is 4.33. The van der Waals surface area contributed by atoms with E-state index in [1.54, 1.807) is 5.56 Å². The monoisotopic (exact) mass is 162 g/mol. The normalized spacial score (nSPS) is 32.1. The molecule has 12 heavy (non-hydrogen) atoms. The van der Waals surface area contributed by atoms with Crippen molar-refractivity contribution in [3.63, 3.8) is 0 Å². The van der Waals surface area contributed by atoms with E-state index in [0.717, 1.165) is 11.8 Å². The molecule has 0 radical (unpaired) electrons. The van der Waals surface area contributed by atoms with E-state index in [1.807, 2.05) is 0 Å². The van der Waals surface area contributed by atoms with Crippen LogP contribution in [-0.4, -0.2) is 9.78 Å². The molecule has 1 heterocycles. The van der Waals surface area contributed by atoms with Crippen molar-refractivity contribution in [3.05, 3.63) is 17.5 Å². The molecule has 1 aromatic rings. The minimum atomic E-state index is 0.854. The number of nitrogens with zero attached hydrogens (tertiary/aromatic N) is 2. The van der Waals surface area contributed by atoms with Crippen LogP contribution in [0, 0.1) is 5.92 Å². The van der Waals surface area contributed by atoms with Crippen LogP contribution in [0.1, 0.15) is 36.4 Å². The third-order valence-corrected chi connectivity index (χ3v) is 3.56. The average Bonchev–Trinajstić information content (AvgIpc) is 2.61. The summed E-state index contributed by atoms with van der Waals surface area (Å²) in [6, 6.07) is 0. The van der Waals surface area contributed by atoms with Gasteiger partial charge in [0.05, 0.1) is 6.20 Å². The summed E-state index contributed by atoms with van der Waals surface area (Å²) in [6.07, 6.45) is 7.64. The van der Waals surface area contributed by atoms with Gasteiger partial charge in [-0.05, 0) is 43.1 Å². The smallest absolute Gasteiger partial charge is 0.0527 e. The number of fused-ring (bicyclic) bond motifs is 4. The predicted octanol–water partition coefficient (Wildman–Crippen LogP) is 1.86. The molecule has 2 bridgehead atoms. The van der Waals surface area contributed by atoms with E-state index in [0.29, 0.717) is 0 Å². The fourth-order valence-corrected chi connectivity index (χ4v) is 2.89. The maximum atomic E-state index is 4.33. The van der Waals surface area contributed by atoms with E-state index in [2.05, 4.69) is 23.0 Å². The van der Waals surface area contributed by atoms with E-state index in [-0.39, 0.29) is 0 Å². The number of aryl methyl sites for hydroxylation is 1. The van der Waals surface area contributed by atoms with Gasteiger partial charge in [0.2, 0.25) is 0 Å². The molecule has 0 saturated heterocycles. The van der Waals surface area contributed by atoms with Crippen LogP contribution in [0.3, 0.4) is 0 Å². The zero-order chi connectivity index (χ0) is 8.13. The maximum absolute atomic E-state index is 4.33. The van der Waals surface area contributed by atoms with Crippen molar-refractivity contribution in [3.8, 4) is 0 Å². The second-order valence-corrected chi connectivity index (χ2v) is 4.25. The lowest BCUT2D eigenvalue weighted by molar-refractivity contribution is 0.488. The van der Waals surface area contributed by atoms with Crippen molar-refractivity contribution in [2.24, 2.45) is 13.0 Å². The molecule has 0 amide bonds. The second kappa shape index (κ2) is 2.12. The van der Waals surface area contributed by atoms with Gasteiger partial charge in [0, 0.05) is 12.7 Å². The molecule has 1 fully saturated rings. The Balaban J connectivity index is 2.14. The Kier molecular flexibility index (Phi) is 1.18. The van der Waals surface area contributed by atoms with E-state index in [9.17, 15) is 0 Å². The summed E-state index contributed by atoms with van der Waals surface area (Å²) in [4.78, 5) is 0. The minimum absolute atomic E-state index is 0.854. The van der Waals surface area contributed by atoms with Crippen LogP contribution >= 0.6 is 0 Å². The molecule has 1 saturated carbocycles. The first kappa shape index (κ1) is 6.70. The number of rotatable bonds is 0. The molecule has 0 spiro atoms. The van der Waals surface area contributed by atoms with Gasteiger partial charge in [-0.3, -0.25) is 4.68 Å². The number of aromatic nitrogens is 2. The van der Waals surface area contributed by atoms with Crippen molar-refractivity contribution in [1.29, 1.82) is 0 Å². The highest BCUT2D eigenvalue weighted by Crippen LogP contribution is 2.45. The van der Waals surface area contributed by atoms with E-state index in [4.69, 9.17) is 0 Å². The topological polar surface area (TPSA) is 17.8 Å². The average molecular weight is 162 g/mol. The molecule has 0 N–H and O–H groups in total. The minimum Gasteiger partial charge on any atom is -0.272 e. The fourth-order valence-electron chi connectivity index (χ4n) is 2.89. The van der Waals surface area contributed by atoms with Crippen LogP contribution in [0.25, 0.3) is 0 Å². The van der Waals surface area contributed by atoms with Crippen molar-refractivity contribution in [2.75, 3.05) is 0 Å². The van der Waals surface area contributed by atoms with Crippen molar-refractivity contribution in [1.82, 2.24) is 9.78 Å². The predicted molar refractivity (Wildman–Crippen MR) is 47.0 cm³/mol. The lowest BCUT2D eigenvalue weighted by atomic mass is 9.87. The summed E-state index contributed by atoms with van der Waals surface area (Å²) >= 11 is 0. The van der Waals surface area contributed by atoms with Gasteiger partial charge in [-0.25, -0.2) is 0 Å². The molecule has 2 atom stereocenters. The first-order chi connectivity index (χ1) is 5.84. The van der Waals surface area contributed by atoms with Gasteiger partial charge in [0.15, 0.2) is 0 Å². The molecular weight excluding hydrogens is 148 g/mol. The van der Waals surface area contributed by atoms with Crippen LogP contribution in [0.4, 0.5) is 0 Å². The fraction of sp³-hybridized carbons (Fsp3) is 0.700. The summed E-state index contributed by atoms with van der Waals surface area (Å²) in [7, 11) is 2.07. The Labute approximate surface area is 72.6 Å². The molecule has 1 aromatic heterocycles. The first-order valence-electron chi connectivity index (χ1n) is 4.85. The zero-order valence-corrected chi connectivity index (χ0v) is 7.45. The Morgan fingerprint density at radius 1 is 1.50 bits per heavy atom. The first-order valence-corrected chi connectivity index (χ1v) is 4.85. The van der Waals surface area contributed by atoms with Gasteiger partial charge in [0.25, 0.3) is 0 Å². The summed E-state index contributed by atoms with van der Waals surface area (Å²) in [5.74, 6) is 1.82. The van der Waals surface area contributed by atoms with Crippen LogP contribution in [0.2, 0.25) is 0 Å². The molecule has 2 heteroatoms. The van der Waals surface area contributed by atoms with Crippen LogP contribution < -0.4 is 0 Å². The van der Waals surface area contributed by atoms with E-state index >= 15 is 0 Å². The molecule has 2 aliphatic carbocycles. The van der Waals surface area contributed by atoms with Gasteiger partial charge in [-0.1, -0.05) is 0 Å². The molecule has 2 nitrogen and oxygen atoms in total. The van der Waals surface area contributed by atoms with Crippen molar-refractivity contribution >= 4 is 0 Å². The largest absolute Gasteiger partial charge is 0.272 e. The second-order valence-electron chi connectivity index (χ2n) is 4.25. The van der Waals surface area contributed by atoms with Gasteiger partial charge in [0.1, 0.15) is 0 Å².